The van der Waals surface area contributed by atoms with Gasteiger partial charge in [0.25, 0.3) is 0 Å². The highest BCUT2D eigenvalue weighted by Crippen LogP contribution is 2.42. The van der Waals surface area contributed by atoms with E-state index in [1.54, 1.807) is 13.8 Å². The molecule has 0 spiro atoms. The predicted octanol–water partition coefficient (Wildman–Crippen LogP) is -0.461. The van der Waals surface area contributed by atoms with Crippen LogP contribution in [-0.4, -0.2) is 42.3 Å². The molecule has 2 aliphatic rings. The minimum atomic E-state index is -1.27. The van der Waals surface area contributed by atoms with Crippen molar-refractivity contribution < 1.29 is 18.9 Å². The molecule has 0 aromatic rings. The van der Waals surface area contributed by atoms with Gasteiger partial charge in [-0.3, -0.25) is 9.00 Å². The maximum Gasteiger partial charge on any atom is 0.327 e. The van der Waals surface area contributed by atoms with E-state index < -0.39 is 27.6 Å². The highest BCUT2D eigenvalue weighted by atomic mass is 32.2. The quantitative estimate of drug-likeness (QED) is 0.603. The van der Waals surface area contributed by atoms with Crippen LogP contribution in [0.15, 0.2) is 0 Å². The third-order valence-electron chi connectivity index (χ3n) is 2.88. The fraction of sp³-hybridized carbons (Fsp3) is 0.750. The summed E-state index contributed by atoms with van der Waals surface area (Å²) in [6.45, 7) is 3.26. The van der Waals surface area contributed by atoms with E-state index >= 15 is 0 Å². The Bertz CT molecular complexity index is 351. The molecule has 0 saturated carbocycles. The molecule has 2 rings (SSSR count). The van der Waals surface area contributed by atoms with Crippen molar-refractivity contribution in [1.82, 2.24) is 4.90 Å². The first-order valence-electron chi connectivity index (χ1n) is 4.32. The first kappa shape index (κ1) is 9.64. The van der Waals surface area contributed by atoms with Crippen LogP contribution in [0.2, 0.25) is 0 Å². The van der Waals surface area contributed by atoms with Crippen molar-refractivity contribution in [3.63, 3.8) is 0 Å². The molecule has 2 heterocycles. The summed E-state index contributed by atoms with van der Waals surface area (Å²) in [4.78, 5) is 23.4. The van der Waals surface area contributed by atoms with E-state index in [1.165, 1.54) is 4.90 Å². The van der Waals surface area contributed by atoms with E-state index in [0.717, 1.165) is 0 Å². The number of carbonyl (C=O) groups is 2. The van der Waals surface area contributed by atoms with Gasteiger partial charge in [0.05, 0.1) is 22.0 Å². The van der Waals surface area contributed by atoms with Gasteiger partial charge in [-0.2, -0.15) is 0 Å². The van der Waals surface area contributed by atoms with Crippen LogP contribution in [0, 0.1) is 0 Å². The van der Waals surface area contributed by atoms with Crippen molar-refractivity contribution in [2.75, 3.05) is 0 Å². The van der Waals surface area contributed by atoms with Crippen LogP contribution in [0.5, 0.6) is 0 Å². The van der Waals surface area contributed by atoms with E-state index in [2.05, 4.69) is 0 Å². The molecule has 3 atom stereocenters. The van der Waals surface area contributed by atoms with Crippen LogP contribution < -0.4 is 0 Å². The Morgan fingerprint density at radius 3 is 2.57 bits per heavy atom. The van der Waals surface area contributed by atoms with Crippen molar-refractivity contribution in [3.05, 3.63) is 0 Å². The Labute approximate surface area is 83.5 Å². The number of nitrogens with zero attached hydrogens (tertiary/aromatic N) is 1. The average molecular weight is 217 g/mol. The van der Waals surface area contributed by atoms with Crippen molar-refractivity contribution in [2.45, 2.75) is 36.4 Å². The molecule has 78 valence electrons. The molecule has 6 heteroatoms. The van der Waals surface area contributed by atoms with Crippen LogP contribution in [0.25, 0.3) is 0 Å². The van der Waals surface area contributed by atoms with Gasteiger partial charge in [0.15, 0.2) is 0 Å². The Balaban J connectivity index is 2.43. The van der Waals surface area contributed by atoms with Gasteiger partial charge in [-0.15, -0.1) is 0 Å². The Kier molecular flexibility index (Phi) is 1.76. The van der Waals surface area contributed by atoms with Crippen LogP contribution in [0.3, 0.4) is 0 Å². The number of β-lactam (4-membered cyclic amide) rings is 1. The SMILES string of the molecule is CC1(C)C(C(=O)O)N2C(=O)C[C@H]2S1=O. The van der Waals surface area contributed by atoms with Crippen LogP contribution in [0.4, 0.5) is 0 Å². The monoisotopic (exact) mass is 217 g/mol. The lowest BCUT2D eigenvalue weighted by Gasteiger charge is -2.35. The smallest absolute Gasteiger partial charge is 0.327 e. The summed E-state index contributed by atoms with van der Waals surface area (Å²) in [6.07, 6.45) is 0.222. The van der Waals surface area contributed by atoms with Gasteiger partial charge in [-0.05, 0) is 13.8 Å². The van der Waals surface area contributed by atoms with Gasteiger partial charge in [0, 0.05) is 0 Å². The third kappa shape index (κ3) is 0.917. The molecule has 1 N–H and O–H groups in total. The van der Waals surface area contributed by atoms with E-state index in [1.807, 2.05) is 0 Å². The summed E-state index contributed by atoms with van der Waals surface area (Å²) in [5.74, 6) is -1.28. The molecule has 14 heavy (non-hydrogen) atoms. The molecule has 5 nitrogen and oxygen atoms in total. The zero-order valence-corrected chi connectivity index (χ0v) is 8.71. The number of rotatable bonds is 1. The molecule has 1 amide bonds. The van der Waals surface area contributed by atoms with Crippen molar-refractivity contribution in [1.29, 1.82) is 0 Å². The average Bonchev–Trinajstić information content (AvgIpc) is 2.21. The van der Waals surface area contributed by atoms with Gasteiger partial charge < -0.3 is 10.0 Å². The fourth-order valence-electron chi connectivity index (χ4n) is 2.10. The summed E-state index contributed by atoms with van der Waals surface area (Å²) in [7, 11) is -1.27. The molecule has 0 bridgehead atoms. The highest BCUT2D eigenvalue weighted by Gasteiger charge is 2.63. The number of amides is 1. The van der Waals surface area contributed by atoms with Crippen molar-refractivity contribution in [3.8, 4) is 0 Å². The summed E-state index contributed by atoms with van der Waals surface area (Å²) in [5.41, 5.74) is 0. The number of fused-ring (bicyclic) bond motifs is 1. The number of hydrogen-bond acceptors (Lipinski definition) is 3. The Morgan fingerprint density at radius 1 is 1.64 bits per heavy atom. The number of carboxylic acids is 1. The zero-order chi connectivity index (χ0) is 10.7. The van der Waals surface area contributed by atoms with Gasteiger partial charge in [-0.25, -0.2) is 4.79 Å². The first-order chi connectivity index (χ1) is 6.37. The summed E-state index contributed by atoms with van der Waals surface area (Å²) in [5, 5.41) is 8.60. The summed E-state index contributed by atoms with van der Waals surface area (Å²) < 4.78 is 11.0. The van der Waals surface area contributed by atoms with E-state index in [4.69, 9.17) is 5.11 Å². The summed E-state index contributed by atoms with van der Waals surface area (Å²) >= 11 is 0. The lowest BCUT2D eigenvalue weighted by atomic mass is 9.98. The minimum Gasteiger partial charge on any atom is -0.480 e. The molecule has 0 radical (unpaired) electrons. The van der Waals surface area contributed by atoms with Gasteiger partial charge in [0.2, 0.25) is 5.91 Å². The lowest BCUT2D eigenvalue weighted by molar-refractivity contribution is -0.157. The topological polar surface area (TPSA) is 74.7 Å². The normalized spacial score (nSPS) is 39.1. The van der Waals surface area contributed by atoms with Crippen LogP contribution in [-0.2, 0) is 20.4 Å². The zero-order valence-electron chi connectivity index (χ0n) is 7.89. The Morgan fingerprint density at radius 2 is 2.21 bits per heavy atom. The number of carboxylic acid groups (broad SMARTS) is 1. The van der Waals surface area contributed by atoms with Gasteiger partial charge in [-0.1, -0.05) is 0 Å². The van der Waals surface area contributed by atoms with E-state index in [9.17, 15) is 13.8 Å². The summed E-state index contributed by atoms with van der Waals surface area (Å²) in [6, 6.07) is -0.936. The molecule has 0 aromatic carbocycles. The standard InChI is InChI=1S/C8H11NO4S/c1-8(2)6(7(11)12)9-4(10)3-5(9)14(8)13/h5-6H,3H2,1-2H3,(H,11,12)/t5-,6?,14?/m1/s1. The van der Waals surface area contributed by atoms with Crippen molar-refractivity contribution >= 4 is 22.7 Å². The highest BCUT2D eigenvalue weighted by molar-refractivity contribution is 7.87. The molecule has 0 aromatic heterocycles. The lowest BCUT2D eigenvalue weighted by Crippen LogP contribution is -2.56. The predicted molar refractivity (Wildman–Crippen MR) is 48.9 cm³/mol. The second-order valence-corrected chi connectivity index (χ2v) is 6.29. The second kappa shape index (κ2) is 2.56. The third-order valence-corrected chi connectivity index (χ3v) is 5.03. The van der Waals surface area contributed by atoms with E-state index in [-0.39, 0.29) is 17.7 Å². The molecule has 0 aliphatic carbocycles. The van der Waals surface area contributed by atoms with E-state index in [0.29, 0.717) is 0 Å². The molecule has 2 saturated heterocycles. The number of aliphatic carboxylic acids is 1. The first-order valence-corrected chi connectivity index (χ1v) is 5.53. The fourth-order valence-corrected chi connectivity index (χ4v) is 3.98. The maximum atomic E-state index is 11.8. The maximum absolute atomic E-state index is 11.8. The van der Waals surface area contributed by atoms with Crippen LogP contribution in [0.1, 0.15) is 20.3 Å². The second-order valence-electron chi connectivity index (χ2n) is 4.10. The van der Waals surface area contributed by atoms with Gasteiger partial charge >= 0.3 is 5.97 Å². The van der Waals surface area contributed by atoms with Gasteiger partial charge in [0.1, 0.15) is 11.4 Å². The van der Waals surface area contributed by atoms with Crippen molar-refractivity contribution in [2.24, 2.45) is 0 Å². The van der Waals surface area contributed by atoms with Crippen LogP contribution >= 0.6 is 0 Å². The molecular formula is C8H11NO4S. The number of carbonyl (C=O) groups excluding carboxylic acids is 1. The molecule has 2 unspecified atom stereocenters. The largest absolute Gasteiger partial charge is 0.480 e. The minimum absolute atomic E-state index is 0.207. The Hall–Kier alpha value is -0.910. The molecule has 2 fully saturated rings. The molecule has 2 aliphatic heterocycles. The number of hydrogen-bond donors (Lipinski definition) is 1. The molecular weight excluding hydrogens is 206 g/mol.